The van der Waals surface area contributed by atoms with Gasteiger partial charge < -0.3 is 10.6 Å². The Labute approximate surface area is 115 Å². The molecule has 20 heavy (non-hydrogen) atoms. The van der Waals surface area contributed by atoms with Crippen LogP contribution in [0, 0.1) is 11.6 Å². The standard InChI is InChI=1S/C15H14F2N2O/c16-12-6-2-1-5-11(12)9-10-18-15(20)19-14-8-4-3-7-13(14)17/h1-8H,9-10H2,(H2,18,19,20). The van der Waals surface area contributed by atoms with Crippen molar-refractivity contribution in [2.24, 2.45) is 0 Å². The van der Waals surface area contributed by atoms with Crippen LogP contribution in [-0.2, 0) is 6.42 Å². The van der Waals surface area contributed by atoms with Gasteiger partial charge in [-0.05, 0) is 30.2 Å². The van der Waals surface area contributed by atoms with Crippen molar-refractivity contribution in [3.8, 4) is 0 Å². The van der Waals surface area contributed by atoms with Crippen molar-refractivity contribution in [3.05, 3.63) is 65.7 Å². The molecule has 0 saturated carbocycles. The average Bonchev–Trinajstić information content (AvgIpc) is 2.43. The maximum Gasteiger partial charge on any atom is 0.319 e. The summed E-state index contributed by atoms with van der Waals surface area (Å²) in [6, 6.07) is 11.7. The molecule has 0 unspecified atom stereocenters. The normalized spacial score (nSPS) is 10.1. The zero-order valence-corrected chi connectivity index (χ0v) is 10.7. The summed E-state index contributed by atoms with van der Waals surface area (Å²) in [6.45, 7) is 0.265. The van der Waals surface area contributed by atoms with E-state index in [9.17, 15) is 13.6 Å². The lowest BCUT2D eigenvalue weighted by atomic mass is 10.1. The first-order chi connectivity index (χ1) is 9.66. The Morgan fingerprint density at radius 3 is 2.30 bits per heavy atom. The molecule has 2 aromatic carbocycles. The van der Waals surface area contributed by atoms with Crippen LogP contribution < -0.4 is 10.6 Å². The van der Waals surface area contributed by atoms with E-state index < -0.39 is 11.8 Å². The Morgan fingerprint density at radius 1 is 0.950 bits per heavy atom. The van der Waals surface area contributed by atoms with E-state index in [4.69, 9.17) is 0 Å². The van der Waals surface area contributed by atoms with E-state index in [1.807, 2.05) is 0 Å². The van der Waals surface area contributed by atoms with Crippen molar-refractivity contribution in [3.63, 3.8) is 0 Å². The summed E-state index contributed by atoms with van der Waals surface area (Å²) in [7, 11) is 0. The van der Waals surface area contributed by atoms with Gasteiger partial charge in [-0.2, -0.15) is 0 Å². The van der Waals surface area contributed by atoms with Gasteiger partial charge in [0.1, 0.15) is 11.6 Å². The lowest BCUT2D eigenvalue weighted by molar-refractivity contribution is 0.252. The zero-order valence-electron chi connectivity index (χ0n) is 10.7. The van der Waals surface area contributed by atoms with Gasteiger partial charge in [0.05, 0.1) is 5.69 Å². The van der Waals surface area contributed by atoms with Crippen LogP contribution in [0.4, 0.5) is 19.3 Å². The van der Waals surface area contributed by atoms with Crippen LogP contribution in [0.25, 0.3) is 0 Å². The molecule has 2 amide bonds. The number of hydrogen-bond donors (Lipinski definition) is 2. The smallest absolute Gasteiger partial charge is 0.319 e. The molecule has 0 fully saturated rings. The predicted octanol–water partition coefficient (Wildman–Crippen LogP) is 3.33. The number of carbonyl (C=O) groups is 1. The fourth-order valence-electron chi connectivity index (χ4n) is 1.74. The van der Waals surface area contributed by atoms with Gasteiger partial charge in [-0.1, -0.05) is 30.3 Å². The fourth-order valence-corrected chi connectivity index (χ4v) is 1.74. The highest BCUT2D eigenvalue weighted by atomic mass is 19.1. The van der Waals surface area contributed by atoms with Crippen LogP contribution in [0.3, 0.4) is 0 Å². The Kier molecular flexibility index (Phi) is 4.65. The van der Waals surface area contributed by atoms with Crippen LogP contribution in [0.15, 0.2) is 48.5 Å². The molecule has 3 nitrogen and oxygen atoms in total. The number of carbonyl (C=O) groups excluding carboxylic acids is 1. The number of benzene rings is 2. The third kappa shape index (κ3) is 3.78. The van der Waals surface area contributed by atoms with Crippen molar-refractivity contribution >= 4 is 11.7 Å². The SMILES string of the molecule is O=C(NCCc1ccccc1F)Nc1ccccc1F. The second kappa shape index (κ2) is 6.65. The molecule has 0 heterocycles. The molecule has 0 atom stereocenters. The summed E-state index contributed by atoms with van der Waals surface area (Å²) < 4.78 is 26.6. The van der Waals surface area contributed by atoms with E-state index in [-0.39, 0.29) is 18.0 Å². The molecule has 104 valence electrons. The number of hydrogen-bond acceptors (Lipinski definition) is 1. The Morgan fingerprint density at radius 2 is 1.60 bits per heavy atom. The van der Waals surface area contributed by atoms with Crippen LogP contribution >= 0.6 is 0 Å². The van der Waals surface area contributed by atoms with Gasteiger partial charge in [-0.25, -0.2) is 13.6 Å². The Bertz CT molecular complexity index is 602. The summed E-state index contributed by atoms with van der Waals surface area (Å²) in [5.41, 5.74) is 0.634. The summed E-state index contributed by atoms with van der Waals surface area (Å²) in [5, 5.41) is 4.94. The number of rotatable bonds is 4. The topological polar surface area (TPSA) is 41.1 Å². The van der Waals surface area contributed by atoms with Gasteiger partial charge in [-0.15, -0.1) is 0 Å². The molecule has 0 bridgehead atoms. The molecule has 2 rings (SSSR count). The van der Waals surface area contributed by atoms with Gasteiger partial charge in [-0.3, -0.25) is 0 Å². The average molecular weight is 276 g/mol. The van der Waals surface area contributed by atoms with Crippen LogP contribution in [-0.4, -0.2) is 12.6 Å². The van der Waals surface area contributed by atoms with Gasteiger partial charge in [0.25, 0.3) is 0 Å². The third-order valence-corrected chi connectivity index (χ3v) is 2.76. The minimum atomic E-state index is -0.522. The summed E-state index contributed by atoms with van der Waals surface area (Å²) in [6.07, 6.45) is 0.372. The second-order valence-electron chi connectivity index (χ2n) is 4.20. The van der Waals surface area contributed by atoms with Crippen molar-refractivity contribution in [1.82, 2.24) is 5.32 Å². The van der Waals surface area contributed by atoms with E-state index in [1.54, 1.807) is 24.3 Å². The van der Waals surface area contributed by atoms with E-state index >= 15 is 0 Å². The molecule has 0 radical (unpaired) electrons. The minimum absolute atomic E-state index is 0.107. The lowest BCUT2D eigenvalue weighted by Gasteiger charge is -2.08. The molecular weight excluding hydrogens is 262 g/mol. The largest absolute Gasteiger partial charge is 0.338 e. The minimum Gasteiger partial charge on any atom is -0.338 e. The number of amides is 2. The van der Waals surface area contributed by atoms with Crippen molar-refractivity contribution in [2.75, 3.05) is 11.9 Å². The highest BCUT2D eigenvalue weighted by molar-refractivity contribution is 5.89. The quantitative estimate of drug-likeness (QED) is 0.883. The number of para-hydroxylation sites is 1. The summed E-state index contributed by atoms with van der Waals surface area (Å²) >= 11 is 0. The highest BCUT2D eigenvalue weighted by Gasteiger charge is 2.06. The van der Waals surface area contributed by atoms with E-state index in [1.165, 1.54) is 24.3 Å². The number of anilines is 1. The molecule has 2 aromatic rings. The molecular formula is C15H14F2N2O. The molecule has 0 aromatic heterocycles. The number of halogens is 2. The first kappa shape index (κ1) is 14.0. The fraction of sp³-hybridized carbons (Fsp3) is 0.133. The van der Waals surface area contributed by atoms with Gasteiger partial charge in [0.15, 0.2) is 0 Å². The Hall–Kier alpha value is -2.43. The number of nitrogens with one attached hydrogen (secondary N) is 2. The van der Waals surface area contributed by atoms with Crippen molar-refractivity contribution < 1.29 is 13.6 Å². The van der Waals surface area contributed by atoms with E-state index in [0.29, 0.717) is 12.0 Å². The maximum absolute atomic E-state index is 13.3. The zero-order chi connectivity index (χ0) is 14.4. The molecule has 0 aliphatic heterocycles. The van der Waals surface area contributed by atoms with Crippen LogP contribution in [0.1, 0.15) is 5.56 Å². The van der Waals surface area contributed by atoms with E-state index in [2.05, 4.69) is 10.6 Å². The third-order valence-electron chi connectivity index (χ3n) is 2.76. The highest BCUT2D eigenvalue weighted by Crippen LogP contribution is 2.12. The van der Waals surface area contributed by atoms with Crippen molar-refractivity contribution in [1.29, 1.82) is 0 Å². The lowest BCUT2D eigenvalue weighted by Crippen LogP contribution is -2.30. The van der Waals surface area contributed by atoms with Gasteiger partial charge in [0, 0.05) is 6.54 Å². The van der Waals surface area contributed by atoms with Crippen LogP contribution in [0.5, 0.6) is 0 Å². The first-order valence-corrected chi connectivity index (χ1v) is 6.19. The molecule has 0 spiro atoms. The molecule has 0 aliphatic carbocycles. The maximum atomic E-state index is 13.3. The van der Waals surface area contributed by atoms with Gasteiger partial charge in [0.2, 0.25) is 0 Å². The predicted molar refractivity (Wildman–Crippen MR) is 73.5 cm³/mol. The summed E-state index contributed by atoms with van der Waals surface area (Å²) in [5.74, 6) is -0.805. The van der Waals surface area contributed by atoms with E-state index in [0.717, 1.165) is 0 Å². The summed E-state index contributed by atoms with van der Waals surface area (Å²) in [4.78, 5) is 11.6. The van der Waals surface area contributed by atoms with Gasteiger partial charge >= 0.3 is 6.03 Å². The monoisotopic (exact) mass is 276 g/mol. The van der Waals surface area contributed by atoms with Crippen LogP contribution in [0.2, 0.25) is 0 Å². The molecule has 0 aliphatic rings. The first-order valence-electron chi connectivity index (χ1n) is 6.19. The number of urea groups is 1. The molecule has 5 heteroatoms. The molecule has 0 saturated heterocycles. The van der Waals surface area contributed by atoms with Crippen molar-refractivity contribution in [2.45, 2.75) is 6.42 Å². The molecule has 2 N–H and O–H groups in total. The second-order valence-corrected chi connectivity index (χ2v) is 4.20. The Balaban J connectivity index is 1.82.